The van der Waals surface area contributed by atoms with Gasteiger partial charge < -0.3 is 10.1 Å². The van der Waals surface area contributed by atoms with Gasteiger partial charge in [-0.2, -0.15) is 15.0 Å². The average Bonchev–Trinajstić information content (AvgIpc) is 2.37. The SMILES string of the molecule is COc1nc(Cl)nc(NCc2ccc(Cl)cc2)n1. The maximum Gasteiger partial charge on any atom is 0.322 e. The zero-order chi connectivity index (χ0) is 13.0. The lowest BCUT2D eigenvalue weighted by molar-refractivity contribution is 0.379. The molecule has 94 valence electrons. The molecule has 1 aromatic heterocycles. The Kier molecular flexibility index (Phi) is 4.17. The largest absolute Gasteiger partial charge is 0.467 e. The van der Waals surface area contributed by atoms with Crippen LogP contribution in [0.3, 0.4) is 0 Å². The van der Waals surface area contributed by atoms with Crippen LogP contribution < -0.4 is 10.1 Å². The van der Waals surface area contributed by atoms with Crippen LogP contribution in [0.4, 0.5) is 5.95 Å². The van der Waals surface area contributed by atoms with Crippen molar-refractivity contribution in [2.75, 3.05) is 12.4 Å². The summed E-state index contributed by atoms with van der Waals surface area (Å²) in [5, 5.41) is 3.81. The van der Waals surface area contributed by atoms with E-state index >= 15 is 0 Å². The first-order valence-corrected chi connectivity index (χ1v) is 5.87. The molecule has 0 spiro atoms. The highest BCUT2D eigenvalue weighted by Crippen LogP contribution is 2.13. The van der Waals surface area contributed by atoms with Crippen molar-refractivity contribution >= 4 is 29.2 Å². The molecule has 0 amide bonds. The summed E-state index contributed by atoms with van der Waals surface area (Å²) in [6.45, 7) is 0.556. The number of methoxy groups -OCH3 is 1. The zero-order valence-corrected chi connectivity index (χ0v) is 11.0. The molecule has 0 fully saturated rings. The van der Waals surface area contributed by atoms with Crippen molar-refractivity contribution in [2.45, 2.75) is 6.54 Å². The summed E-state index contributed by atoms with van der Waals surface area (Å²) in [7, 11) is 1.47. The van der Waals surface area contributed by atoms with Gasteiger partial charge in [-0.25, -0.2) is 0 Å². The minimum absolute atomic E-state index is 0.0838. The van der Waals surface area contributed by atoms with Crippen molar-refractivity contribution in [3.8, 4) is 6.01 Å². The number of nitrogens with zero attached hydrogens (tertiary/aromatic N) is 3. The highest BCUT2D eigenvalue weighted by molar-refractivity contribution is 6.30. The van der Waals surface area contributed by atoms with E-state index in [1.54, 1.807) is 0 Å². The fourth-order valence-corrected chi connectivity index (χ4v) is 1.56. The molecule has 2 rings (SSSR count). The Bertz CT molecular complexity index is 533. The molecule has 1 heterocycles. The molecule has 0 saturated heterocycles. The number of rotatable bonds is 4. The Hall–Kier alpha value is -1.59. The van der Waals surface area contributed by atoms with Gasteiger partial charge in [-0.15, -0.1) is 0 Å². The summed E-state index contributed by atoms with van der Waals surface area (Å²) in [6, 6.07) is 7.64. The molecule has 1 aromatic carbocycles. The van der Waals surface area contributed by atoms with Crippen molar-refractivity contribution in [1.82, 2.24) is 15.0 Å². The molecule has 18 heavy (non-hydrogen) atoms. The Morgan fingerprint density at radius 2 is 1.83 bits per heavy atom. The number of benzene rings is 1. The van der Waals surface area contributed by atoms with E-state index in [4.69, 9.17) is 27.9 Å². The summed E-state index contributed by atoms with van der Waals surface area (Å²) in [5.41, 5.74) is 1.05. The second-order valence-corrected chi connectivity index (χ2v) is 4.17. The van der Waals surface area contributed by atoms with Gasteiger partial charge in [0.2, 0.25) is 11.2 Å². The van der Waals surface area contributed by atoms with E-state index in [9.17, 15) is 0 Å². The van der Waals surface area contributed by atoms with Crippen molar-refractivity contribution in [3.63, 3.8) is 0 Å². The second-order valence-electron chi connectivity index (χ2n) is 3.39. The summed E-state index contributed by atoms with van der Waals surface area (Å²) < 4.78 is 4.90. The molecule has 1 N–H and O–H groups in total. The molecule has 0 bridgehead atoms. The first-order chi connectivity index (χ1) is 8.67. The van der Waals surface area contributed by atoms with Crippen LogP contribution in [0, 0.1) is 0 Å². The molecular formula is C11H10Cl2N4O. The van der Waals surface area contributed by atoms with Gasteiger partial charge in [0.1, 0.15) is 0 Å². The average molecular weight is 285 g/mol. The molecule has 0 aliphatic rings. The highest BCUT2D eigenvalue weighted by atomic mass is 35.5. The lowest BCUT2D eigenvalue weighted by atomic mass is 10.2. The number of hydrogen-bond acceptors (Lipinski definition) is 5. The van der Waals surface area contributed by atoms with Crippen molar-refractivity contribution in [1.29, 1.82) is 0 Å². The lowest BCUT2D eigenvalue weighted by Crippen LogP contribution is -2.05. The van der Waals surface area contributed by atoms with Crippen molar-refractivity contribution < 1.29 is 4.74 Å². The Morgan fingerprint density at radius 3 is 2.50 bits per heavy atom. The molecule has 0 saturated carbocycles. The second kappa shape index (κ2) is 5.84. The van der Waals surface area contributed by atoms with E-state index in [1.807, 2.05) is 24.3 Å². The van der Waals surface area contributed by atoms with Gasteiger partial charge in [0, 0.05) is 11.6 Å². The van der Waals surface area contributed by atoms with Crippen LogP contribution >= 0.6 is 23.2 Å². The minimum atomic E-state index is 0.0838. The Balaban J connectivity index is 2.05. The number of ether oxygens (including phenoxy) is 1. The quantitative estimate of drug-likeness (QED) is 0.936. The molecule has 7 heteroatoms. The van der Waals surface area contributed by atoms with Crippen LogP contribution in [0.25, 0.3) is 0 Å². The van der Waals surface area contributed by atoms with E-state index in [0.717, 1.165) is 5.56 Å². The Morgan fingerprint density at radius 1 is 1.11 bits per heavy atom. The molecular weight excluding hydrogens is 275 g/mol. The Labute approximate surface area is 114 Å². The summed E-state index contributed by atoms with van der Waals surface area (Å²) >= 11 is 11.5. The molecule has 0 radical (unpaired) electrons. The van der Waals surface area contributed by atoms with E-state index in [2.05, 4.69) is 20.3 Å². The van der Waals surface area contributed by atoms with Gasteiger partial charge in [-0.3, -0.25) is 0 Å². The van der Waals surface area contributed by atoms with Gasteiger partial charge in [0.05, 0.1) is 7.11 Å². The molecule has 0 unspecified atom stereocenters. The highest BCUT2D eigenvalue weighted by Gasteiger charge is 2.04. The number of nitrogens with one attached hydrogen (secondary N) is 1. The molecule has 5 nitrogen and oxygen atoms in total. The van der Waals surface area contributed by atoms with Crippen molar-refractivity contribution in [2.24, 2.45) is 0 Å². The van der Waals surface area contributed by atoms with Crippen LogP contribution in [-0.4, -0.2) is 22.1 Å². The van der Waals surface area contributed by atoms with Crippen molar-refractivity contribution in [3.05, 3.63) is 40.1 Å². The monoisotopic (exact) mass is 284 g/mol. The smallest absolute Gasteiger partial charge is 0.322 e. The van der Waals surface area contributed by atoms with E-state index in [0.29, 0.717) is 17.5 Å². The van der Waals surface area contributed by atoms with Crippen LogP contribution in [0.15, 0.2) is 24.3 Å². The third-order valence-electron chi connectivity index (χ3n) is 2.13. The maximum absolute atomic E-state index is 5.80. The fraction of sp³-hybridized carbons (Fsp3) is 0.182. The predicted octanol–water partition coefficient (Wildman–Crippen LogP) is 2.80. The third-order valence-corrected chi connectivity index (χ3v) is 2.56. The van der Waals surface area contributed by atoms with Crippen LogP contribution in [0.5, 0.6) is 6.01 Å². The van der Waals surface area contributed by atoms with Gasteiger partial charge in [0.15, 0.2) is 0 Å². The topological polar surface area (TPSA) is 59.9 Å². The molecule has 2 aromatic rings. The van der Waals surface area contributed by atoms with Crippen LogP contribution in [-0.2, 0) is 6.54 Å². The van der Waals surface area contributed by atoms with Gasteiger partial charge >= 0.3 is 6.01 Å². The third kappa shape index (κ3) is 3.45. The number of aromatic nitrogens is 3. The van der Waals surface area contributed by atoms with Crippen LogP contribution in [0.2, 0.25) is 10.3 Å². The zero-order valence-electron chi connectivity index (χ0n) is 9.52. The normalized spacial score (nSPS) is 10.2. The summed E-state index contributed by atoms with van der Waals surface area (Å²) in [6.07, 6.45) is 0. The fourth-order valence-electron chi connectivity index (χ4n) is 1.29. The molecule has 0 aliphatic heterocycles. The van der Waals surface area contributed by atoms with Gasteiger partial charge in [-0.05, 0) is 29.3 Å². The van der Waals surface area contributed by atoms with E-state index in [1.165, 1.54) is 7.11 Å². The van der Waals surface area contributed by atoms with Crippen LogP contribution in [0.1, 0.15) is 5.56 Å². The minimum Gasteiger partial charge on any atom is -0.467 e. The molecule has 0 atom stereocenters. The number of halogens is 2. The van der Waals surface area contributed by atoms with E-state index in [-0.39, 0.29) is 11.3 Å². The summed E-state index contributed by atoms with van der Waals surface area (Å²) in [4.78, 5) is 11.7. The standard InChI is InChI=1S/C11H10Cl2N4O/c1-18-11-16-9(13)15-10(17-11)14-6-7-2-4-8(12)5-3-7/h2-5H,6H2,1H3,(H,14,15,16,17). The summed E-state index contributed by atoms with van der Waals surface area (Å²) in [5.74, 6) is 0.363. The first kappa shape index (κ1) is 12.9. The first-order valence-electron chi connectivity index (χ1n) is 5.11. The van der Waals surface area contributed by atoms with Gasteiger partial charge in [-0.1, -0.05) is 23.7 Å². The number of hydrogen-bond donors (Lipinski definition) is 1. The maximum atomic E-state index is 5.80. The van der Waals surface area contributed by atoms with Gasteiger partial charge in [0.25, 0.3) is 0 Å². The lowest BCUT2D eigenvalue weighted by Gasteiger charge is -2.06. The van der Waals surface area contributed by atoms with E-state index < -0.39 is 0 Å². The molecule has 0 aliphatic carbocycles. The number of anilines is 1. The predicted molar refractivity (Wildman–Crippen MR) is 70.2 cm³/mol.